The van der Waals surface area contributed by atoms with E-state index < -0.39 is 5.97 Å². The molecule has 2 N–H and O–H groups in total. The summed E-state index contributed by atoms with van der Waals surface area (Å²) in [6.45, 7) is 0. The molecule has 0 aliphatic rings. The van der Waals surface area contributed by atoms with Gasteiger partial charge in [0.05, 0.1) is 6.42 Å². The van der Waals surface area contributed by atoms with E-state index in [-0.39, 0.29) is 12.2 Å². The molecule has 0 aliphatic heterocycles. The lowest BCUT2D eigenvalue weighted by Gasteiger charge is -2.01. The van der Waals surface area contributed by atoms with Crippen molar-refractivity contribution >= 4 is 11.8 Å². The predicted molar refractivity (Wildman–Crippen MR) is 62.0 cm³/mol. The van der Waals surface area contributed by atoms with Crippen molar-refractivity contribution in [2.24, 2.45) is 0 Å². The van der Waals surface area contributed by atoms with E-state index in [1.54, 1.807) is 30.5 Å². The Morgan fingerprint density at radius 2 is 1.82 bits per heavy atom. The number of carbonyl (C=O) groups excluding carboxylic acids is 1. The van der Waals surface area contributed by atoms with E-state index >= 15 is 0 Å². The maximum absolute atomic E-state index is 12.1. The minimum atomic E-state index is -0.952. The van der Waals surface area contributed by atoms with Gasteiger partial charge in [0.2, 0.25) is 0 Å². The third-order valence-electron chi connectivity index (χ3n) is 2.45. The summed E-state index contributed by atoms with van der Waals surface area (Å²) in [5, 5.41) is 8.74. The number of rotatable bonds is 4. The number of nitrogens with one attached hydrogen (secondary N) is 1. The van der Waals surface area contributed by atoms with Crippen molar-refractivity contribution in [2.45, 2.75) is 6.42 Å². The second-order valence-electron chi connectivity index (χ2n) is 3.66. The van der Waals surface area contributed by atoms with Gasteiger partial charge in [-0.2, -0.15) is 0 Å². The molecule has 2 rings (SSSR count). The van der Waals surface area contributed by atoms with Crippen LogP contribution in [0.2, 0.25) is 0 Å². The Morgan fingerprint density at radius 3 is 2.47 bits per heavy atom. The van der Waals surface area contributed by atoms with Crippen molar-refractivity contribution < 1.29 is 14.7 Å². The zero-order chi connectivity index (χ0) is 12.3. The number of H-pyrrole nitrogens is 1. The zero-order valence-electron chi connectivity index (χ0n) is 9.01. The Hall–Kier alpha value is -2.36. The summed E-state index contributed by atoms with van der Waals surface area (Å²) in [5.74, 6) is -1.12. The molecule has 0 saturated heterocycles. The minimum absolute atomic E-state index is 0.155. The maximum Gasteiger partial charge on any atom is 0.307 e. The molecule has 0 spiro atoms. The lowest BCUT2D eigenvalue weighted by Crippen LogP contribution is -2.06. The fourth-order valence-corrected chi connectivity index (χ4v) is 1.66. The maximum atomic E-state index is 12.1. The highest BCUT2D eigenvalue weighted by Gasteiger charge is 2.15. The molecule has 0 amide bonds. The largest absolute Gasteiger partial charge is 0.481 e. The van der Waals surface area contributed by atoms with E-state index in [0.29, 0.717) is 16.7 Å². The van der Waals surface area contributed by atoms with Gasteiger partial charge in [-0.1, -0.05) is 30.3 Å². The van der Waals surface area contributed by atoms with Crippen LogP contribution in [0.1, 0.15) is 21.5 Å². The summed E-state index contributed by atoms with van der Waals surface area (Å²) in [4.78, 5) is 25.5. The molecule has 0 radical (unpaired) electrons. The molecule has 1 aromatic heterocycles. The van der Waals surface area contributed by atoms with E-state index in [0.717, 1.165) is 0 Å². The molecule has 2 aromatic rings. The number of carboxylic acids is 1. The predicted octanol–water partition coefficient (Wildman–Crippen LogP) is 1.87. The fourth-order valence-electron chi connectivity index (χ4n) is 1.66. The topological polar surface area (TPSA) is 70.2 Å². The number of aliphatic carboxylic acids is 1. The Labute approximate surface area is 97.9 Å². The van der Waals surface area contributed by atoms with Crippen LogP contribution in [0.15, 0.2) is 42.7 Å². The Balaban J connectivity index is 2.32. The van der Waals surface area contributed by atoms with E-state index in [1.807, 2.05) is 6.07 Å². The van der Waals surface area contributed by atoms with Crippen LogP contribution in [0.3, 0.4) is 0 Å². The molecule has 0 fully saturated rings. The molecular formula is C13H11NO3. The van der Waals surface area contributed by atoms with Crippen LogP contribution in [0.5, 0.6) is 0 Å². The third-order valence-corrected chi connectivity index (χ3v) is 2.45. The quantitative estimate of drug-likeness (QED) is 0.786. The van der Waals surface area contributed by atoms with Crippen LogP contribution in [0.4, 0.5) is 0 Å². The summed E-state index contributed by atoms with van der Waals surface area (Å²) in [6.07, 6.45) is 2.93. The summed E-state index contributed by atoms with van der Waals surface area (Å²) < 4.78 is 0. The first kappa shape index (κ1) is 11.1. The third kappa shape index (κ3) is 2.42. The lowest BCUT2D eigenvalue weighted by molar-refractivity contribution is -0.136. The summed E-state index contributed by atoms with van der Waals surface area (Å²) in [5.41, 5.74) is 1.48. The van der Waals surface area contributed by atoms with Gasteiger partial charge >= 0.3 is 5.97 Å². The molecule has 17 heavy (non-hydrogen) atoms. The van der Waals surface area contributed by atoms with E-state index in [4.69, 9.17) is 5.11 Å². The Morgan fingerprint density at radius 1 is 1.12 bits per heavy atom. The molecule has 0 bridgehead atoms. The van der Waals surface area contributed by atoms with Crippen LogP contribution >= 0.6 is 0 Å². The normalized spacial score (nSPS) is 10.1. The van der Waals surface area contributed by atoms with Gasteiger partial charge < -0.3 is 10.1 Å². The van der Waals surface area contributed by atoms with E-state index in [9.17, 15) is 9.59 Å². The van der Waals surface area contributed by atoms with Crippen molar-refractivity contribution in [3.8, 4) is 0 Å². The Bertz CT molecular complexity index is 543. The van der Waals surface area contributed by atoms with Gasteiger partial charge in [0.25, 0.3) is 0 Å². The highest BCUT2D eigenvalue weighted by molar-refractivity contribution is 6.10. The van der Waals surface area contributed by atoms with Crippen LogP contribution < -0.4 is 0 Å². The number of carboxylic acid groups (broad SMARTS) is 1. The molecule has 4 nitrogen and oxygen atoms in total. The smallest absolute Gasteiger partial charge is 0.307 e. The van der Waals surface area contributed by atoms with Crippen LogP contribution in [-0.4, -0.2) is 21.8 Å². The number of hydrogen-bond donors (Lipinski definition) is 2. The van der Waals surface area contributed by atoms with Gasteiger partial charge in [0.15, 0.2) is 5.78 Å². The molecule has 0 saturated carbocycles. The molecule has 0 atom stereocenters. The second-order valence-corrected chi connectivity index (χ2v) is 3.66. The standard InChI is InChI=1S/C13H11NO3/c15-12(16)6-10-7-14-8-11(10)13(17)9-4-2-1-3-5-9/h1-5,7-8,14H,6H2,(H,15,16). The molecular weight excluding hydrogens is 218 g/mol. The number of carbonyl (C=O) groups is 2. The number of aromatic nitrogens is 1. The van der Waals surface area contributed by atoms with Crippen molar-refractivity contribution in [3.63, 3.8) is 0 Å². The lowest BCUT2D eigenvalue weighted by atomic mass is 10.0. The van der Waals surface area contributed by atoms with E-state index in [2.05, 4.69) is 4.98 Å². The molecule has 86 valence electrons. The van der Waals surface area contributed by atoms with Gasteiger partial charge in [-0.05, 0) is 5.56 Å². The van der Waals surface area contributed by atoms with E-state index in [1.165, 1.54) is 6.20 Å². The molecule has 1 heterocycles. The number of hydrogen-bond acceptors (Lipinski definition) is 2. The van der Waals surface area contributed by atoms with Crippen molar-refractivity contribution in [2.75, 3.05) is 0 Å². The molecule has 0 unspecified atom stereocenters. The molecule has 0 aliphatic carbocycles. The minimum Gasteiger partial charge on any atom is -0.481 e. The average Bonchev–Trinajstić information content (AvgIpc) is 2.76. The molecule has 4 heteroatoms. The van der Waals surface area contributed by atoms with Gasteiger partial charge in [0.1, 0.15) is 0 Å². The SMILES string of the molecule is O=C(O)Cc1c[nH]cc1C(=O)c1ccccc1. The van der Waals surface area contributed by atoms with Crippen molar-refractivity contribution in [3.05, 3.63) is 59.4 Å². The number of benzene rings is 1. The van der Waals surface area contributed by atoms with Crippen LogP contribution in [0, 0.1) is 0 Å². The fraction of sp³-hybridized carbons (Fsp3) is 0.0769. The van der Waals surface area contributed by atoms with Gasteiger partial charge in [-0.25, -0.2) is 0 Å². The first-order valence-corrected chi connectivity index (χ1v) is 5.15. The first-order chi connectivity index (χ1) is 8.18. The van der Waals surface area contributed by atoms with Gasteiger partial charge in [-0.3, -0.25) is 9.59 Å². The van der Waals surface area contributed by atoms with Gasteiger partial charge in [0, 0.05) is 23.5 Å². The summed E-state index contributed by atoms with van der Waals surface area (Å²) in [7, 11) is 0. The highest BCUT2D eigenvalue weighted by Crippen LogP contribution is 2.14. The van der Waals surface area contributed by atoms with Gasteiger partial charge in [-0.15, -0.1) is 0 Å². The first-order valence-electron chi connectivity index (χ1n) is 5.15. The van der Waals surface area contributed by atoms with Crippen LogP contribution in [0.25, 0.3) is 0 Å². The summed E-state index contributed by atoms with van der Waals surface area (Å²) >= 11 is 0. The average molecular weight is 229 g/mol. The van der Waals surface area contributed by atoms with Crippen LogP contribution in [-0.2, 0) is 11.2 Å². The summed E-state index contributed by atoms with van der Waals surface area (Å²) in [6, 6.07) is 8.79. The molecule has 1 aromatic carbocycles. The highest BCUT2D eigenvalue weighted by atomic mass is 16.4. The monoisotopic (exact) mass is 229 g/mol. The van der Waals surface area contributed by atoms with Crippen molar-refractivity contribution in [1.29, 1.82) is 0 Å². The number of ketones is 1. The number of aromatic amines is 1. The van der Waals surface area contributed by atoms with Crippen molar-refractivity contribution in [1.82, 2.24) is 4.98 Å². The zero-order valence-corrected chi connectivity index (χ0v) is 9.01. The second kappa shape index (κ2) is 4.65. The Kier molecular flexibility index (Phi) is 3.05.